The maximum absolute atomic E-state index is 3.47. The number of halogens is 3. The number of hydrogen-bond donors (Lipinski definition) is 0. The van der Waals surface area contributed by atoms with Crippen LogP contribution in [-0.2, 0) is 25.8 Å². The van der Waals surface area contributed by atoms with Gasteiger partial charge in [0.2, 0.25) is 0 Å². The molecule has 0 N–H and O–H groups in total. The molecule has 0 saturated carbocycles. The van der Waals surface area contributed by atoms with Crippen molar-refractivity contribution in [2.45, 2.75) is 26.3 Å². The Labute approximate surface area is 166 Å². The van der Waals surface area contributed by atoms with Gasteiger partial charge in [-0.3, -0.25) is 11.0 Å². The monoisotopic (exact) mass is 514 g/mol. The first-order valence-corrected chi connectivity index (χ1v) is 6.43. The van der Waals surface area contributed by atoms with Crippen molar-refractivity contribution in [1.29, 1.82) is 0 Å². The van der Waals surface area contributed by atoms with Gasteiger partial charge < -0.3 is 0 Å². The molecular formula is C16H23Cl3HfN-. The summed E-state index contributed by atoms with van der Waals surface area (Å²) in [6, 6.07) is 11.1. The fourth-order valence-electron chi connectivity index (χ4n) is 2.42. The largest absolute Gasteiger partial charge is 0.296 e. The van der Waals surface area contributed by atoms with Gasteiger partial charge in [-0.2, -0.15) is 6.08 Å². The fraction of sp³-hybridized carbons (Fsp3) is 0.375. The number of likely N-dealkylation sites (N-methyl/N-ethyl adjacent to an activating group) is 1. The molecule has 21 heavy (non-hydrogen) atoms. The van der Waals surface area contributed by atoms with Crippen molar-refractivity contribution in [1.82, 2.24) is 4.90 Å². The molecule has 0 heterocycles. The second kappa shape index (κ2) is 14.0. The molecule has 0 bridgehead atoms. The van der Waals surface area contributed by atoms with Crippen LogP contribution >= 0.6 is 37.2 Å². The standard InChI is InChI=1S/C16H20N.3ClH.Hf/c1-3-17(4-2)16(15-12-8-9-13-15)14-10-6-5-7-11-14;;;;/h5-8,10-12,16H,3-4,9H2,1-2H3;3*1H;/q-1;;;;. The summed E-state index contributed by atoms with van der Waals surface area (Å²) in [6.45, 7) is 6.57. The van der Waals surface area contributed by atoms with E-state index in [0.717, 1.165) is 19.5 Å². The van der Waals surface area contributed by atoms with Crippen LogP contribution in [0.1, 0.15) is 31.9 Å². The van der Waals surface area contributed by atoms with Crippen LogP contribution in [0.15, 0.2) is 48.1 Å². The molecule has 1 aromatic carbocycles. The van der Waals surface area contributed by atoms with E-state index in [1.165, 1.54) is 11.1 Å². The van der Waals surface area contributed by atoms with Crippen LogP contribution in [0.4, 0.5) is 0 Å². The third-order valence-electron chi connectivity index (χ3n) is 3.31. The number of hydrogen-bond acceptors (Lipinski definition) is 1. The summed E-state index contributed by atoms with van der Waals surface area (Å²) in [5.41, 5.74) is 2.69. The third-order valence-corrected chi connectivity index (χ3v) is 3.31. The average Bonchev–Trinajstić information content (AvgIpc) is 2.90. The molecule has 5 heteroatoms. The van der Waals surface area contributed by atoms with Gasteiger partial charge in [0.15, 0.2) is 0 Å². The Balaban J connectivity index is -0.000000810. The predicted molar refractivity (Wildman–Crippen MR) is 94.4 cm³/mol. The molecule has 1 aromatic rings. The Morgan fingerprint density at radius 3 is 2.05 bits per heavy atom. The van der Waals surface area contributed by atoms with Crippen molar-refractivity contribution < 1.29 is 25.8 Å². The Kier molecular flexibility index (Phi) is 17.6. The predicted octanol–water partition coefficient (Wildman–Crippen LogP) is 5.02. The molecule has 1 atom stereocenters. The topological polar surface area (TPSA) is 3.24 Å². The van der Waals surface area contributed by atoms with Crippen LogP contribution in [0.5, 0.6) is 0 Å². The Morgan fingerprint density at radius 1 is 1.05 bits per heavy atom. The van der Waals surface area contributed by atoms with Crippen molar-refractivity contribution in [3.63, 3.8) is 0 Å². The molecule has 0 fully saturated rings. The molecule has 2 rings (SSSR count). The van der Waals surface area contributed by atoms with Gasteiger partial charge in [0, 0.05) is 31.9 Å². The molecule has 0 spiro atoms. The second-order valence-electron chi connectivity index (χ2n) is 4.27. The molecule has 0 radical (unpaired) electrons. The molecule has 118 valence electrons. The smallest absolute Gasteiger partial charge is 0.0269 e. The SMILES string of the molecule is CCN(CC)C(C1=[C-]CC=C1)c1ccccc1.Cl.Cl.Cl.[Hf]. The van der Waals surface area contributed by atoms with Crippen LogP contribution in [0, 0.1) is 6.08 Å². The minimum absolute atomic E-state index is 0. The van der Waals surface area contributed by atoms with E-state index in [1.807, 2.05) is 0 Å². The van der Waals surface area contributed by atoms with E-state index in [1.54, 1.807) is 0 Å². The first-order valence-electron chi connectivity index (χ1n) is 6.43. The van der Waals surface area contributed by atoms with Crippen LogP contribution in [0.2, 0.25) is 0 Å². The van der Waals surface area contributed by atoms with E-state index in [0.29, 0.717) is 6.04 Å². The van der Waals surface area contributed by atoms with E-state index in [4.69, 9.17) is 0 Å². The van der Waals surface area contributed by atoms with Crippen LogP contribution < -0.4 is 0 Å². The summed E-state index contributed by atoms with van der Waals surface area (Å²) < 4.78 is 0. The normalized spacial score (nSPS) is 13.2. The van der Waals surface area contributed by atoms with Crippen molar-refractivity contribution in [3.8, 4) is 0 Å². The van der Waals surface area contributed by atoms with Gasteiger partial charge in [0.25, 0.3) is 0 Å². The molecule has 0 aliphatic heterocycles. The van der Waals surface area contributed by atoms with Gasteiger partial charge in [-0.05, 0) is 18.7 Å². The van der Waals surface area contributed by atoms with Gasteiger partial charge in [-0.15, -0.1) is 43.6 Å². The van der Waals surface area contributed by atoms with Crippen LogP contribution in [0.3, 0.4) is 0 Å². The van der Waals surface area contributed by atoms with Crippen molar-refractivity contribution in [2.24, 2.45) is 0 Å². The molecule has 0 aromatic heterocycles. The Hall–Kier alpha value is 0.400. The summed E-state index contributed by atoms with van der Waals surface area (Å²) >= 11 is 0. The Morgan fingerprint density at radius 2 is 1.62 bits per heavy atom. The minimum atomic E-state index is 0. The van der Waals surface area contributed by atoms with Crippen LogP contribution in [0.25, 0.3) is 0 Å². The van der Waals surface area contributed by atoms with Crippen molar-refractivity contribution >= 4 is 37.2 Å². The molecular weight excluding hydrogens is 491 g/mol. The quantitative estimate of drug-likeness (QED) is 0.394. The van der Waals surface area contributed by atoms with Gasteiger partial charge in [-0.1, -0.05) is 44.2 Å². The molecule has 1 aliphatic rings. The average molecular weight is 514 g/mol. The van der Waals surface area contributed by atoms with Gasteiger partial charge in [0.1, 0.15) is 0 Å². The molecule has 1 unspecified atom stereocenters. The van der Waals surface area contributed by atoms with Gasteiger partial charge in [0.05, 0.1) is 0 Å². The number of benzene rings is 1. The fourth-order valence-corrected chi connectivity index (χ4v) is 2.42. The second-order valence-corrected chi connectivity index (χ2v) is 4.27. The third kappa shape index (κ3) is 7.01. The zero-order valence-electron chi connectivity index (χ0n) is 12.4. The van der Waals surface area contributed by atoms with E-state index >= 15 is 0 Å². The summed E-state index contributed by atoms with van der Waals surface area (Å²) in [5.74, 6) is 0. The summed E-state index contributed by atoms with van der Waals surface area (Å²) in [6.07, 6.45) is 8.83. The molecule has 1 nitrogen and oxygen atoms in total. The van der Waals surface area contributed by atoms with Crippen molar-refractivity contribution in [2.75, 3.05) is 13.1 Å². The maximum atomic E-state index is 3.47. The van der Waals surface area contributed by atoms with Gasteiger partial charge in [-0.25, -0.2) is 11.6 Å². The molecule has 0 amide bonds. The summed E-state index contributed by atoms with van der Waals surface area (Å²) in [4.78, 5) is 2.48. The molecule has 1 aliphatic carbocycles. The Bertz CT molecular complexity index is 417. The van der Waals surface area contributed by atoms with E-state index < -0.39 is 0 Å². The first kappa shape index (κ1) is 26.3. The first-order chi connectivity index (χ1) is 8.36. The minimum Gasteiger partial charge on any atom is -0.296 e. The number of rotatable bonds is 5. The van der Waals surface area contributed by atoms with E-state index in [9.17, 15) is 0 Å². The van der Waals surface area contributed by atoms with Crippen molar-refractivity contribution in [3.05, 3.63) is 59.7 Å². The van der Waals surface area contributed by atoms with Crippen LogP contribution in [-0.4, -0.2) is 18.0 Å². The summed E-state index contributed by atoms with van der Waals surface area (Å²) in [5, 5.41) is 0. The van der Waals surface area contributed by atoms with E-state index in [2.05, 4.69) is 67.3 Å². The van der Waals surface area contributed by atoms with Gasteiger partial charge >= 0.3 is 0 Å². The molecule has 0 saturated heterocycles. The number of nitrogens with zero attached hydrogens (tertiary/aromatic N) is 1. The maximum Gasteiger partial charge on any atom is 0.0269 e. The number of allylic oxidation sites excluding steroid dienone is 2. The van der Waals surface area contributed by atoms with E-state index in [-0.39, 0.29) is 63.1 Å². The zero-order chi connectivity index (χ0) is 12.1. The summed E-state index contributed by atoms with van der Waals surface area (Å²) in [7, 11) is 0. The zero-order valence-corrected chi connectivity index (χ0v) is 18.5.